The number of hydrogen-bond acceptors (Lipinski definition) is 3. The van der Waals surface area contributed by atoms with Gasteiger partial charge >= 0.3 is 0 Å². The highest BCUT2D eigenvalue weighted by Gasteiger charge is 2.21. The molecule has 0 bridgehead atoms. The number of benzene rings is 1. The highest BCUT2D eigenvalue weighted by atomic mass is 35.5. The number of para-hydroxylation sites is 1. The van der Waals surface area contributed by atoms with Crippen molar-refractivity contribution in [3.05, 3.63) is 47.2 Å². The van der Waals surface area contributed by atoms with E-state index in [0.29, 0.717) is 10.8 Å². The molecule has 0 amide bonds. The Balaban J connectivity index is 2.10. The normalized spacial score (nSPS) is 13.8. The van der Waals surface area contributed by atoms with Gasteiger partial charge in [-0.05, 0) is 18.1 Å². The van der Waals surface area contributed by atoms with Crippen LogP contribution in [0.3, 0.4) is 0 Å². The van der Waals surface area contributed by atoms with Gasteiger partial charge in [-0.1, -0.05) is 29.8 Å². The maximum Gasteiger partial charge on any atom is 0.131 e. The topological polar surface area (TPSA) is 42.1 Å². The second kappa shape index (κ2) is 3.93. The molecule has 1 aliphatic rings. The molecule has 0 saturated carbocycles. The zero-order valence-electron chi connectivity index (χ0n) is 9.23. The fourth-order valence-corrected chi connectivity index (χ4v) is 2.41. The van der Waals surface area contributed by atoms with Crippen LogP contribution in [0, 0.1) is 0 Å². The SMILES string of the molecule is Nc1cnc(Cl)cc1N1CCc2ccccc21. The Morgan fingerprint density at radius 2 is 2.06 bits per heavy atom. The van der Waals surface area contributed by atoms with E-state index in [1.807, 2.05) is 12.1 Å². The molecule has 0 spiro atoms. The molecule has 86 valence electrons. The van der Waals surface area contributed by atoms with Gasteiger partial charge in [0.15, 0.2) is 0 Å². The van der Waals surface area contributed by atoms with Crippen LogP contribution in [0.5, 0.6) is 0 Å². The lowest BCUT2D eigenvalue weighted by Crippen LogP contribution is -2.15. The predicted molar refractivity (Wildman–Crippen MR) is 70.8 cm³/mol. The standard InChI is InChI=1S/C13H12ClN3/c14-13-7-12(10(15)8-16-13)17-6-5-9-3-1-2-4-11(9)17/h1-4,7-8H,5-6,15H2. The third kappa shape index (κ3) is 1.72. The first-order valence-corrected chi connectivity index (χ1v) is 5.90. The number of hydrogen-bond donors (Lipinski definition) is 1. The second-order valence-electron chi connectivity index (χ2n) is 4.10. The van der Waals surface area contributed by atoms with Gasteiger partial charge in [0.2, 0.25) is 0 Å². The zero-order valence-corrected chi connectivity index (χ0v) is 9.98. The van der Waals surface area contributed by atoms with Crippen molar-refractivity contribution in [3.63, 3.8) is 0 Å². The summed E-state index contributed by atoms with van der Waals surface area (Å²) >= 11 is 5.93. The zero-order chi connectivity index (χ0) is 11.8. The molecular formula is C13H12ClN3. The van der Waals surface area contributed by atoms with Gasteiger partial charge in [0.1, 0.15) is 5.15 Å². The minimum Gasteiger partial charge on any atom is -0.396 e. The summed E-state index contributed by atoms with van der Waals surface area (Å²) in [7, 11) is 0. The molecule has 2 aromatic rings. The monoisotopic (exact) mass is 245 g/mol. The summed E-state index contributed by atoms with van der Waals surface area (Å²) in [5.41, 5.74) is 10.1. The molecule has 17 heavy (non-hydrogen) atoms. The second-order valence-corrected chi connectivity index (χ2v) is 4.48. The Morgan fingerprint density at radius 1 is 1.24 bits per heavy atom. The van der Waals surface area contributed by atoms with Crippen molar-refractivity contribution in [3.8, 4) is 0 Å². The summed E-state index contributed by atoms with van der Waals surface area (Å²) in [5, 5.41) is 0.471. The molecule has 0 unspecified atom stereocenters. The van der Waals surface area contributed by atoms with Crippen molar-refractivity contribution in [1.82, 2.24) is 4.98 Å². The van der Waals surface area contributed by atoms with Crippen LogP contribution in [0.2, 0.25) is 5.15 Å². The maximum atomic E-state index is 5.96. The molecule has 0 atom stereocenters. The molecule has 4 heteroatoms. The highest BCUT2D eigenvalue weighted by molar-refractivity contribution is 6.29. The van der Waals surface area contributed by atoms with Gasteiger partial charge in [-0.2, -0.15) is 0 Å². The minimum absolute atomic E-state index is 0.471. The van der Waals surface area contributed by atoms with E-state index >= 15 is 0 Å². The highest BCUT2D eigenvalue weighted by Crippen LogP contribution is 2.37. The van der Waals surface area contributed by atoms with Crippen LogP contribution in [0.4, 0.5) is 17.1 Å². The predicted octanol–water partition coefficient (Wildman–Crippen LogP) is 3.01. The van der Waals surface area contributed by atoms with Crippen molar-refractivity contribution >= 4 is 28.7 Å². The number of anilines is 3. The van der Waals surface area contributed by atoms with Gasteiger partial charge in [-0.3, -0.25) is 0 Å². The lowest BCUT2D eigenvalue weighted by Gasteiger charge is -2.21. The van der Waals surface area contributed by atoms with E-state index in [4.69, 9.17) is 17.3 Å². The van der Waals surface area contributed by atoms with E-state index in [1.54, 1.807) is 6.20 Å². The number of rotatable bonds is 1. The quantitative estimate of drug-likeness (QED) is 0.786. The smallest absolute Gasteiger partial charge is 0.131 e. The molecule has 0 radical (unpaired) electrons. The van der Waals surface area contributed by atoms with Gasteiger partial charge in [0, 0.05) is 18.3 Å². The molecule has 1 aromatic heterocycles. The summed E-state index contributed by atoms with van der Waals surface area (Å²) in [6, 6.07) is 10.2. The molecule has 3 nitrogen and oxygen atoms in total. The fourth-order valence-electron chi connectivity index (χ4n) is 2.25. The molecule has 0 fully saturated rings. The van der Waals surface area contributed by atoms with E-state index in [1.165, 1.54) is 11.3 Å². The lowest BCUT2D eigenvalue weighted by atomic mass is 10.2. The van der Waals surface area contributed by atoms with Crippen molar-refractivity contribution in [2.45, 2.75) is 6.42 Å². The molecule has 3 rings (SSSR count). The molecule has 1 aromatic carbocycles. The van der Waals surface area contributed by atoms with Crippen LogP contribution in [0.1, 0.15) is 5.56 Å². The first-order chi connectivity index (χ1) is 8.25. The minimum atomic E-state index is 0.471. The molecule has 0 saturated heterocycles. The fraction of sp³-hybridized carbons (Fsp3) is 0.154. The van der Waals surface area contributed by atoms with Gasteiger partial charge in [0.25, 0.3) is 0 Å². The maximum absolute atomic E-state index is 5.96. The Hall–Kier alpha value is -1.74. The summed E-state index contributed by atoms with van der Waals surface area (Å²) in [6.45, 7) is 0.934. The number of nitrogen functional groups attached to an aromatic ring is 1. The van der Waals surface area contributed by atoms with Crippen molar-refractivity contribution < 1.29 is 0 Å². The van der Waals surface area contributed by atoms with E-state index in [9.17, 15) is 0 Å². The Kier molecular flexibility index (Phi) is 2.41. The van der Waals surface area contributed by atoms with Crippen molar-refractivity contribution in [2.75, 3.05) is 17.2 Å². The summed E-state index contributed by atoms with van der Waals surface area (Å²) in [5.74, 6) is 0. The number of pyridine rings is 1. The van der Waals surface area contributed by atoms with Crippen molar-refractivity contribution in [1.29, 1.82) is 0 Å². The van der Waals surface area contributed by atoms with Gasteiger partial charge < -0.3 is 10.6 Å². The van der Waals surface area contributed by atoms with Crippen LogP contribution < -0.4 is 10.6 Å². The number of fused-ring (bicyclic) bond motifs is 1. The number of nitrogens with two attached hydrogens (primary N) is 1. The van der Waals surface area contributed by atoms with Gasteiger partial charge in [-0.25, -0.2) is 4.98 Å². The number of nitrogens with zero attached hydrogens (tertiary/aromatic N) is 2. The Bertz CT molecular complexity index is 568. The number of aromatic nitrogens is 1. The summed E-state index contributed by atoms with van der Waals surface area (Å²) < 4.78 is 0. The van der Waals surface area contributed by atoms with E-state index in [-0.39, 0.29) is 0 Å². The first kappa shape index (κ1) is 10.4. The van der Waals surface area contributed by atoms with Gasteiger partial charge in [0.05, 0.1) is 17.6 Å². The van der Waals surface area contributed by atoms with Crippen LogP contribution in [0.25, 0.3) is 0 Å². The largest absolute Gasteiger partial charge is 0.396 e. The average molecular weight is 246 g/mol. The molecule has 0 aliphatic carbocycles. The molecule has 1 aliphatic heterocycles. The summed E-state index contributed by atoms with van der Waals surface area (Å²) in [6.07, 6.45) is 2.65. The number of halogens is 1. The summed E-state index contributed by atoms with van der Waals surface area (Å²) in [4.78, 5) is 6.17. The van der Waals surface area contributed by atoms with Crippen LogP contribution >= 0.6 is 11.6 Å². The Labute approximate surface area is 105 Å². The van der Waals surface area contributed by atoms with Crippen LogP contribution in [0.15, 0.2) is 36.5 Å². The molecule has 2 N–H and O–H groups in total. The van der Waals surface area contributed by atoms with E-state index in [2.05, 4.69) is 28.1 Å². The van der Waals surface area contributed by atoms with E-state index < -0.39 is 0 Å². The van der Waals surface area contributed by atoms with Crippen LogP contribution in [-0.2, 0) is 6.42 Å². The van der Waals surface area contributed by atoms with Crippen LogP contribution in [-0.4, -0.2) is 11.5 Å². The van der Waals surface area contributed by atoms with Gasteiger partial charge in [-0.15, -0.1) is 0 Å². The third-order valence-corrected chi connectivity index (χ3v) is 3.26. The lowest BCUT2D eigenvalue weighted by molar-refractivity contribution is 0.997. The third-order valence-electron chi connectivity index (χ3n) is 3.06. The van der Waals surface area contributed by atoms with E-state index in [0.717, 1.165) is 18.7 Å². The first-order valence-electron chi connectivity index (χ1n) is 5.52. The molecular weight excluding hydrogens is 234 g/mol. The Morgan fingerprint density at radius 3 is 2.94 bits per heavy atom. The molecule has 2 heterocycles. The average Bonchev–Trinajstić information content (AvgIpc) is 2.76. The van der Waals surface area contributed by atoms with Crippen molar-refractivity contribution in [2.24, 2.45) is 0 Å².